The van der Waals surface area contributed by atoms with Gasteiger partial charge < -0.3 is 10.6 Å². The quantitative estimate of drug-likeness (QED) is 0.807. The zero-order chi connectivity index (χ0) is 17.8. The highest BCUT2D eigenvalue weighted by Gasteiger charge is 2.30. The highest BCUT2D eigenvalue weighted by Crippen LogP contribution is 2.19. The molecule has 1 atom stereocenters. The average Bonchev–Trinajstić information content (AvgIpc) is 3.38. The normalized spacial score (nSPS) is 20.1. The third-order valence-corrected chi connectivity index (χ3v) is 4.73. The largest absolute Gasteiger partial charge is 0.352 e. The molecule has 2 N–H and O–H groups in total. The predicted octanol–water partition coefficient (Wildman–Crippen LogP) is 1.05. The minimum atomic E-state index is -0.370. The Morgan fingerprint density at radius 2 is 1.96 bits per heavy atom. The fourth-order valence-corrected chi connectivity index (χ4v) is 2.99. The van der Waals surface area contributed by atoms with Crippen molar-refractivity contribution in [2.75, 3.05) is 38.0 Å². The van der Waals surface area contributed by atoms with Gasteiger partial charge in [-0.1, -0.05) is 6.07 Å². The molecule has 3 rings (SSSR count). The molecule has 1 unspecified atom stereocenters. The van der Waals surface area contributed by atoms with Crippen molar-refractivity contribution in [2.45, 2.75) is 31.8 Å². The second-order valence-electron chi connectivity index (χ2n) is 6.83. The van der Waals surface area contributed by atoms with E-state index in [2.05, 4.69) is 20.4 Å². The van der Waals surface area contributed by atoms with Crippen LogP contribution in [-0.2, 0) is 9.59 Å². The number of amides is 2. The van der Waals surface area contributed by atoms with Gasteiger partial charge in [0.2, 0.25) is 11.8 Å². The molecule has 2 aliphatic rings. The summed E-state index contributed by atoms with van der Waals surface area (Å²) in [5.74, 6) is -0.428. The van der Waals surface area contributed by atoms with Crippen molar-refractivity contribution in [3.05, 3.63) is 30.1 Å². The maximum absolute atomic E-state index is 13.1. The second kappa shape index (κ2) is 7.93. The Kier molecular flexibility index (Phi) is 5.65. The van der Waals surface area contributed by atoms with Crippen LogP contribution in [0, 0.1) is 5.82 Å². The van der Waals surface area contributed by atoms with E-state index in [0.717, 1.165) is 39.0 Å². The summed E-state index contributed by atoms with van der Waals surface area (Å²) in [5.41, 5.74) is 0.467. The Morgan fingerprint density at radius 1 is 1.24 bits per heavy atom. The molecular formula is C18H25FN4O2. The van der Waals surface area contributed by atoms with Gasteiger partial charge in [0.1, 0.15) is 5.82 Å². The molecule has 1 saturated carbocycles. The van der Waals surface area contributed by atoms with Crippen LogP contribution in [-0.4, -0.2) is 66.4 Å². The molecular weight excluding hydrogens is 323 g/mol. The first kappa shape index (κ1) is 17.8. The van der Waals surface area contributed by atoms with Crippen LogP contribution < -0.4 is 10.6 Å². The van der Waals surface area contributed by atoms with Crippen LogP contribution in [0.2, 0.25) is 0 Å². The van der Waals surface area contributed by atoms with Gasteiger partial charge in [0.25, 0.3) is 0 Å². The number of benzene rings is 1. The first-order valence-corrected chi connectivity index (χ1v) is 8.83. The number of anilines is 1. The van der Waals surface area contributed by atoms with Crippen molar-refractivity contribution in [3.8, 4) is 0 Å². The Morgan fingerprint density at radius 3 is 2.60 bits per heavy atom. The van der Waals surface area contributed by atoms with Crippen LogP contribution in [0.25, 0.3) is 0 Å². The van der Waals surface area contributed by atoms with Gasteiger partial charge in [0, 0.05) is 37.9 Å². The molecule has 0 aromatic heterocycles. The summed E-state index contributed by atoms with van der Waals surface area (Å²) in [4.78, 5) is 28.4. The van der Waals surface area contributed by atoms with Crippen LogP contribution in [0.5, 0.6) is 0 Å². The van der Waals surface area contributed by atoms with E-state index in [-0.39, 0.29) is 30.2 Å². The molecule has 6 nitrogen and oxygen atoms in total. The van der Waals surface area contributed by atoms with E-state index in [9.17, 15) is 14.0 Å². The molecule has 1 aromatic rings. The number of piperazine rings is 1. The van der Waals surface area contributed by atoms with Crippen molar-refractivity contribution in [2.24, 2.45) is 0 Å². The van der Waals surface area contributed by atoms with Gasteiger partial charge in [0.15, 0.2) is 0 Å². The van der Waals surface area contributed by atoms with Crippen molar-refractivity contribution in [1.82, 2.24) is 15.1 Å². The van der Waals surface area contributed by atoms with E-state index in [1.54, 1.807) is 12.1 Å². The number of hydrogen-bond acceptors (Lipinski definition) is 4. The van der Waals surface area contributed by atoms with Crippen molar-refractivity contribution in [1.29, 1.82) is 0 Å². The van der Waals surface area contributed by atoms with E-state index in [0.29, 0.717) is 11.7 Å². The van der Waals surface area contributed by atoms with Crippen molar-refractivity contribution >= 4 is 17.5 Å². The molecule has 1 aromatic carbocycles. The number of carbonyl (C=O) groups excluding carboxylic acids is 2. The second-order valence-corrected chi connectivity index (χ2v) is 6.83. The van der Waals surface area contributed by atoms with Gasteiger partial charge in [-0.25, -0.2) is 4.39 Å². The maximum atomic E-state index is 13.1. The first-order valence-electron chi connectivity index (χ1n) is 8.83. The smallest absolute Gasteiger partial charge is 0.238 e. The summed E-state index contributed by atoms with van der Waals surface area (Å²) in [7, 11) is 0. The van der Waals surface area contributed by atoms with E-state index in [4.69, 9.17) is 0 Å². The third kappa shape index (κ3) is 5.24. The van der Waals surface area contributed by atoms with E-state index in [1.807, 2.05) is 6.92 Å². The van der Waals surface area contributed by atoms with Crippen molar-refractivity contribution < 1.29 is 14.0 Å². The minimum Gasteiger partial charge on any atom is -0.352 e. The van der Waals surface area contributed by atoms with Gasteiger partial charge in [-0.15, -0.1) is 0 Å². The van der Waals surface area contributed by atoms with E-state index < -0.39 is 0 Å². The fourth-order valence-electron chi connectivity index (χ4n) is 2.99. The number of halogens is 1. The van der Waals surface area contributed by atoms with Crippen LogP contribution in [0.4, 0.5) is 10.1 Å². The van der Waals surface area contributed by atoms with Gasteiger partial charge >= 0.3 is 0 Å². The zero-order valence-electron chi connectivity index (χ0n) is 14.5. The van der Waals surface area contributed by atoms with Crippen LogP contribution in [0.1, 0.15) is 19.8 Å². The number of hydrogen-bond donors (Lipinski definition) is 2. The molecule has 1 heterocycles. The Bertz CT molecular complexity index is 627. The summed E-state index contributed by atoms with van der Waals surface area (Å²) in [6.07, 6.45) is 2.18. The van der Waals surface area contributed by atoms with Crippen LogP contribution in [0.15, 0.2) is 24.3 Å². The van der Waals surface area contributed by atoms with Crippen molar-refractivity contribution in [3.63, 3.8) is 0 Å². The van der Waals surface area contributed by atoms with E-state index in [1.165, 1.54) is 12.1 Å². The lowest BCUT2D eigenvalue weighted by atomic mass is 10.2. The fraction of sp³-hybridized carbons (Fsp3) is 0.556. The molecule has 25 heavy (non-hydrogen) atoms. The molecule has 0 spiro atoms. The van der Waals surface area contributed by atoms with Crippen LogP contribution in [0.3, 0.4) is 0 Å². The average molecular weight is 348 g/mol. The Hall–Kier alpha value is -1.99. The highest BCUT2D eigenvalue weighted by atomic mass is 19.1. The summed E-state index contributed by atoms with van der Waals surface area (Å²) in [6.45, 7) is 5.19. The summed E-state index contributed by atoms with van der Waals surface area (Å²) >= 11 is 0. The zero-order valence-corrected chi connectivity index (χ0v) is 14.5. The molecule has 2 amide bonds. The van der Waals surface area contributed by atoms with Gasteiger partial charge in [-0.05, 0) is 38.0 Å². The minimum absolute atomic E-state index is 0.0970. The molecule has 0 radical (unpaired) electrons. The lowest BCUT2D eigenvalue weighted by Gasteiger charge is -2.37. The van der Waals surface area contributed by atoms with Gasteiger partial charge in [-0.3, -0.25) is 19.4 Å². The highest BCUT2D eigenvalue weighted by molar-refractivity contribution is 5.92. The molecule has 7 heteroatoms. The predicted molar refractivity (Wildman–Crippen MR) is 93.7 cm³/mol. The first-order chi connectivity index (χ1) is 12.0. The summed E-state index contributed by atoms with van der Waals surface area (Å²) in [5, 5.41) is 5.75. The van der Waals surface area contributed by atoms with Gasteiger partial charge in [0.05, 0.1) is 12.6 Å². The Labute approximate surface area is 147 Å². The molecule has 1 saturated heterocycles. The SMILES string of the molecule is CC(C(=O)NC1CC1)N1CCN(CC(=O)Nc2cccc(F)c2)CC1. The standard InChI is InChI=1S/C18H25FN4O2/c1-13(18(25)21-15-5-6-15)23-9-7-22(8-10-23)12-17(24)20-16-4-2-3-14(19)11-16/h2-4,11,13,15H,5-10,12H2,1H3,(H,20,24)(H,21,25). The third-order valence-electron chi connectivity index (χ3n) is 4.73. The number of rotatable bonds is 6. The number of nitrogens with one attached hydrogen (secondary N) is 2. The van der Waals surface area contributed by atoms with Crippen LogP contribution >= 0.6 is 0 Å². The maximum Gasteiger partial charge on any atom is 0.238 e. The summed E-state index contributed by atoms with van der Waals surface area (Å²) < 4.78 is 13.1. The molecule has 2 fully saturated rings. The molecule has 1 aliphatic carbocycles. The lowest BCUT2D eigenvalue weighted by Crippen LogP contribution is -2.55. The topological polar surface area (TPSA) is 64.7 Å². The number of carbonyl (C=O) groups is 2. The Balaban J connectivity index is 1.41. The number of nitrogens with zero attached hydrogens (tertiary/aromatic N) is 2. The van der Waals surface area contributed by atoms with Gasteiger partial charge in [-0.2, -0.15) is 0 Å². The summed E-state index contributed by atoms with van der Waals surface area (Å²) in [6, 6.07) is 6.12. The lowest BCUT2D eigenvalue weighted by molar-refractivity contribution is -0.127. The van der Waals surface area contributed by atoms with E-state index >= 15 is 0 Å². The molecule has 0 bridgehead atoms. The molecule has 1 aliphatic heterocycles. The molecule has 136 valence electrons. The monoisotopic (exact) mass is 348 g/mol.